The lowest BCUT2D eigenvalue weighted by Gasteiger charge is -2.23. The first-order valence-electron chi connectivity index (χ1n) is 7.73. The van der Waals surface area contributed by atoms with E-state index in [1.54, 1.807) is 6.92 Å². The van der Waals surface area contributed by atoms with Gasteiger partial charge in [-0.3, -0.25) is 4.79 Å². The summed E-state index contributed by atoms with van der Waals surface area (Å²) in [5.41, 5.74) is 0.435. The van der Waals surface area contributed by atoms with E-state index in [4.69, 9.17) is 9.15 Å². The number of hydrogen-bond donors (Lipinski definition) is 1. The van der Waals surface area contributed by atoms with Crippen LogP contribution in [-0.4, -0.2) is 28.5 Å². The number of esters is 1. The fourth-order valence-electron chi connectivity index (χ4n) is 2.03. The van der Waals surface area contributed by atoms with Gasteiger partial charge in [0.05, 0.1) is 0 Å². The Hall–Kier alpha value is -2.63. The summed E-state index contributed by atoms with van der Waals surface area (Å²) in [6.07, 6.45) is -0.923. The third-order valence-corrected chi connectivity index (χ3v) is 3.16. The summed E-state index contributed by atoms with van der Waals surface area (Å²) in [7, 11) is 0. The second kappa shape index (κ2) is 6.86. The van der Waals surface area contributed by atoms with Gasteiger partial charge in [0.15, 0.2) is 11.8 Å². The highest BCUT2D eigenvalue weighted by atomic mass is 16.5. The first kappa shape index (κ1) is 17.7. The van der Waals surface area contributed by atoms with Crippen molar-refractivity contribution in [2.75, 3.05) is 0 Å². The molecule has 0 bridgehead atoms. The van der Waals surface area contributed by atoms with Crippen molar-refractivity contribution in [1.29, 1.82) is 0 Å². The van der Waals surface area contributed by atoms with Crippen LogP contribution in [0.2, 0.25) is 0 Å². The maximum absolute atomic E-state index is 12.3. The molecule has 0 saturated carbocycles. The summed E-state index contributed by atoms with van der Waals surface area (Å²) < 4.78 is 10.7. The highest BCUT2D eigenvalue weighted by molar-refractivity contribution is 5.92. The zero-order valence-electron chi connectivity index (χ0n) is 14.5. The van der Waals surface area contributed by atoms with E-state index < -0.39 is 17.6 Å². The Bertz CT molecular complexity index is 729. The molecule has 1 aromatic heterocycles. The number of amides is 1. The van der Waals surface area contributed by atoms with Crippen molar-refractivity contribution in [1.82, 2.24) is 10.3 Å². The molecule has 1 atom stereocenters. The molecule has 1 N–H and O–H groups in total. The Kier molecular flexibility index (Phi) is 5.07. The average Bonchev–Trinajstić information content (AvgIpc) is 2.88. The number of nitrogens with zero attached hydrogens (tertiary/aromatic N) is 1. The third kappa shape index (κ3) is 4.44. The number of aryl methyl sites for hydroxylation is 1. The second-order valence-corrected chi connectivity index (χ2v) is 6.58. The topological polar surface area (TPSA) is 81.4 Å². The van der Waals surface area contributed by atoms with Crippen molar-refractivity contribution in [3.05, 3.63) is 41.8 Å². The Balaban J connectivity index is 2.10. The van der Waals surface area contributed by atoms with Gasteiger partial charge in [0.25, 0.3) is 5.91 Å². The number of ether oxygens (including phenoxy) is 1. The molecule has 1 heterocycles. The summed E-state index contributed by atoms with van der Waals surface area (Å²) in [4.78, 5) is 28.5. The Morgan fingerprint density at radius 3 is 2.42 bits per heavy atom. The predicted molar refractivity (Wildman–Crippen MR) is 89.4 cm³/mol. The molecule has 6 nitrogen and oxygen atoms in total. The molecule has 2 rings (SSSR count). The molecule has 0 radical (unpaired) electrons. The number of oxazole rings is 1. The summed E-state index contributed by atoms with van der Waals surface area (Å²) in [5, 5.41) is 2.76. The zero-order chi connectivity index (χ0) is 17.9. The van der Waals surface area contributed by atoms with Crippen molar-refractivity contribution in [2.45, 2.75) is 46.3 Å². The fourth-order valence-corrected chi connectivity index (χ4v) is 2.03. The number of aromatic nitrogens is 1. The van der Waals surface area contributed by atoms with Gasteiger partial charge in [-0.1, -0.05) is 18.2 Å². The molecule has 0 aliphatic rings. The Morgan fingerprint density at radius 2 is 1.83 bits per heavy atom. The molecule has 1 amide bonds. The molecule has 0 fully saturated rings. The van der Waals surface area contributed by atoms with Crippen molar-refractivity contribution >= 4 is 11.9 Å². The number of carbonyl (C=O) groups is 2. The van der Waals surface area contributed by atoms with E-state index in [1.807, 2.05) is 51.1 Å². The van der Waals surface area contributed by atoms with E-state index >= 15 is 0 Å². The first-order valence-corrected chi connectivity index (χ1v) is 7.73. The minimum atomic E-state index is -0.923. The van der Waals surface area contributed by atoms with Crippen molar-refractivity contribution < 1.29 is 18.7 Å². The molecule has 1 aromatic carbocycles. The standard InChI is InChI=1S/C18H22N2O4/c1-11-14(19-16(23-11)13-9-7-6-8-10-13)17(22)24-12(2)15(21)20-18(3,4)5/h6-10,12H,1-5H3,(H,20,21)/t12-/m1/s1. The van der Waals surface area contributed by atoms with Gasteiger partial charge < -0.3 is 14.5 Å². The molecule has 6 heteroatoms. The lowest BCUT2D eigenvalue weighted by Crippen LogP contribution is -2.46. The van der Waals surface area contributed by atoms with Crippen LogP contribution in [-0.2, 0) is 9.53 Å². The van der Waals surface area contributed by atoms with Crippen LogP contribution in [0.25, 0.3) is 11.5 Å². The fraction of sp³-hybridized carbons (Fsp3) is 0.389. The highest BCUT2D eigenvalue weighted by Gasteiger charge is 2.26. The van der Waals surface area contributed by atoms with Gasteiger partial charge in [0.2, 0.25) is 5.89 Å². The van der Waals surface area contributed by atoms with Crippen molar-refractivity contribution in [3.63, 3.8) is 0 Å². The van der Waals surface area contributed by atoms with Crippen LogP contribution in [0.5, 0.6) is 0 Å². The predicted octanol–water partition coefficient (Wildman–Crippen LogP) is 3.11. The average molecular weight is 330 g/mol. The smallest absolute Gasteiger partial charge is 0.361 e. The van der Waals surface area contributed by atoms with Gasteiger partial charge in [0.1, 0.15) is 5.76 Å². The van der Waals surface area contributed by atoms with Gasteiger partial charge in [-0.25, -0.2) is 9.78 Å². The van der Waals surface area contributed by atoms with Gasteiger partial charge in [-0.2, -0.15) is 0 Å². The Morgan fingerprint density at radius 1 is 1.21 bits per heavy atom. The molecule has 0 saturated heterocycles. The van der Waals surface area contributed by atoms with Crippen LogP contribution in [0.4, 0.5) is 0 Å². The van der Waals surface area contributed by atoms with Crippen LogP contribution in [0.15, 0.2) is 34.7 Å². The molecule has 24 heavy (non-hydrogen) atoms. The molecule has 0 aliphatic heterocycles. The monoisotopic (exact) mass is 330 g/mol. The molecule has 0 unspecified atom stereocenters. The van der Waals surface area contributed by atoms with Crippen LogP contribution in [0.1, 0.15) is 43.9 Å². The summed E-state index contributed by atoms with van der Waals surface area (Å²) >= 11 is 0. The number of rotatable bonds is 4. The molecule has 128 valence electrons. The lowest BCUT2D eigenvalue weighted by atomic mass is 10.1. The van der Waals surface area contributed by atoms with Crippen LogP contribution >= 0.6 is 0 Å². The Labute approximate surface area is 141 Å². The van der Waals surface area contributed by atoms with Crippen LogP contribution < -0.4 is 5.32 Å². The van der Waals surface area contributed by atoms with Gasteiger partial charge in [0, 0.05) is 11.1 Å². The lowest BCUT2D eigenvalue weighted by molar-refractivity contribution is -0.130. The first-order chi connectivity index (χ1) is 11.2. The minimum absolute atomic E-state index is 0.0734. The van der Waals surface area contributed by atoms with E-state index in [-0.39, 0.29) is 11.6 Å². The number of carbonyl (C=O) groups excluding carboxylic acids is 2. The van der Waals surface area contributed by atoms with Gasteiger partial charge in [-0.05, 0) is 46.8 Å². The third-order valence-electron chi connectivity index (χ3n) is 3.16. The van der Waals surface area contributed by atoms with E-state index in [0.29, 0.717) is 11.7 Å². The SMILES string of the molecule is Cc1oc(-c2ccccc2)nc1C(=O)O[C@H](C)C(=O)NC(C)(C)C. The second-order valence-electron chi connectivity index (χ2n) is 6.58. The molecule has 0 aliphatic carbocycles. The van der Waals surface area contributed by atoms with E-state index in [0.717, 1.165) is 5.56 Å². The van der Waals surface area contributed by atoms with E-state index in [9.17, 15) is 9.59 Å². The summed E-state index contributed by atoms with van der Waals surface area (Å²) in [6, 6.07) is 9.25. The maximum Gasteiger partial charge on any atom is 0.361 e. The minimum Gasteiger partial charge on any atom is -0.448 e. The number of benzene rings is 1. The highest BCUT2D eigenvalue weighted by Crippen LogP contribution is 2.22. The zero-order valence-corrected chi connectivity index (χ0v) is 14.5. The largest absolute Gasteiger partial charge is 0.448 e. The van der Waals surface area contributed by atoms with Crippen LogP contribution in [0, 0.1) is 6.92 Å². The van der Waals surface area contributed by atoms with Crippen LogP contribution in [0.3, 0.4) is 0 Å². The maximum atomic E-state index is 12.3. The van der Waals surface area contributed by atoms with Crippen molar-refractivity contribution in [2.24, 2.45) is 0 Å². The van der Waals surface area contributed by atoms with Crippen molar-refractivity contribution in [3.8, 4) is 11.5 Å². The van der Waals surface area contributed by atoms with Gasteiger partial charge >= 0.3 is 5.97 Å². The van der Waals surface area contributed by atoms with E-state index in [1.165, 1.54) is 6.92 Å². The molecule has 2 aromatic rings. The normalized spacial score (nSPS) is 12.5. The van der Waals surface area contributed by atoms with Gasteiger partial charge in [-0.15, -0.1) is 0 Å². The molecular weight excluding hydrogens is 308 g/mol. The van der Waals surface area contributed by atoms with E-state index in [2.05, 4.69) is 10.3 Å². The number of nitrogens with one attached hydrogen (secondary N) is 1. The molecular formula is C18H22N2O4. The summed E-state index contributed by atoms with van der Waals surface area (Å²) in [6.45, 7) is 8.72. The molecule has 0 spiro atoms. The quantitative estimate of drug-likeness (QED) is 0.871. The summed E-state index contributed by atoms with van der Waals surface area (Å²) in [5.74, 6) is -0.357. The number of hydrogen-bond acceptors (Lipinski definition) is 5.